The zero-order valence-corrected chi connectivity index (χ0v) is 15.4. The lowest BCUT2D eigenvalue weighted by molar-refractivity contribution is 0.0980. The van der Waals surface area contributed by atoms with Crippen LogP contribution < -0.4 is 19.1 Å². The minimum atomic E-state index is -0.373. The standard InChI is InChI=1S/C22H20N2O4/c1-26-17-11-9-16(10-12-17)24-14-19(15-27-18-6-3-2-4-7-18)28-21-20(22(24)25)8-5-13-23-21/h2-13,19H,14-15H2,1H3. The van der Waals surface area contributed by atoms with Crippen molar-refractivity contribution in [3.8, 4) is 17.4 Å². The second-order valence-electron chi connectivity index (χ2n) is 6.33. The fourth-order valence-electron chi connectivity index (χ4n) is 3.05. The Bertz CT molecular complexity index is 944. The molecule has 6 nitrogen and oxygen atoms in total. The summed E-state index contributed by atoms with van der Waals surface area (Å²) in [5.74, 6) is 1.65. The monoisotopic (exact) mass is 376 g/mol. The molecule has 0 N–H and O–H groups in total. The number of hydrogen-bond donors (Lipinski definition) is 0. The Labute approximate surface area is 163 Å². The molecule has 0 saturated carbocycles. The van der Waals surface area contributed by atoms with Gasteiger partial charge in [0.05, 0.1) is 13.7 Å². The summed E-state index contributed by atoms with van der Waals surface area (Å²) >= 11 is 0. The summed E-state index contributed by atoms with van der Waals surface area (Å²) in [6, 6.07) is 20.3. The van der Waals surface area contributed by atoms with E-state index in [-0.39, 0.29) is 12.0 Å². The van der Waals surface area contributed by atoms with E-state index >= 15 is 0 Å². The molecule has 0 bridgehead atoms. The fraction of sp³-hybridized carbons (Fsp3) is 0.182. The van der Waals surface area contributed by atoms with E-state index in [9.17, 15) is 4.79 Å². The summed E-state index contributed by atoms with van der Waals surface area (Å²) in [6.45, 7) is 0.633. The molecule has 1 unspecified atom stereocenters. The Morgan fingerprint density at radius 3 is 2.57 bits per heavy atom. The van der Waals surface area contributed by atoms with E-state index in [1.165, 1.54) is 0 Å². The molecular weight excluding hydrogens is 356 g/mol. The maximum absolute atomic E-state index is 13.1. The number of carbonyl (C=O) groups is 1. The number of amides is 1. The SMILES string of the molecule is COc1ccc(N2CC(COc3ccccc3)Oc3ncccc3C2=O)cc1. The van der Waals surface area contributed by atoms with Gasteiger partial charge in [0.1, 0.15) is 23.7 Å². The van der Waals surface area contributed by atoms with Crippen molar-refractivity contribution in [3.63, 3.8) is 0 Å². The second kappa shape index (κ2) is 8.00. The van der Waals surface area contributed by atoms with E-state index in [0.717, 1.165) is 17.2 Å². The largest absolute Gasteiger partial charge is 0.497 e. The molecule has 4 rings (SSSR count). The Morgan fingerprint density at radius 1 is 1.04 bits per heavy atom. The minimum absolute atomic E-state index is 0.157. The van der Waals surface area contributed by atoms with Crippen molar-refractivity contribution >= 4 is 11.6 Å². The van der Waals surface area contributed by atoms with Gasteiger partial charge in [-0.3, -0.25) is 4.79 Å². The average molecular weight is 376 g/mol. The second-order valence-corrected chi connectivity index (χ2v) is 6.33. The maximum atomic E-state index is 13.1. The van der Waals surface area contributed by atoms with Gasteiger partial charge in [-0.25, -0.2) is 4.98 Å². The van der Waals surface area contributed by atoms with Crippen LogP contribution in [-0.2, 0) is 0 Å². The summed E-state index contributed by atoms with van der Waals surface area (Å²) in [5.41, 5.74) is 1.19. The Kier molecular flexibility index (Phi) is 5.10. The number of benzene rings is 2. The lowest BCUT2D eigenvalue weighted by Gasteiger charge is -2.24. The molecule has 1 aliphatic rings. The van der Waals surface area contributed by atoms with Crippen molar-refractivity contribution < 1.29 is 19.0 Å². The normalized spacial score (nSPS) is 16.0. The minimum Gasteiger partial charge on any atom is -0.497 e. The Morgan fingerprint density at radius 2 is 1.82 bits per heavy atom. The van der Waals surface area contributed by atoms with Gasteiger partial charge in [-0.05, 0) is 48.5 Å². The number of hydrogen-bond acceptors (Lipinski definition) is 5. The topological polar surface area (TPSA) is 60.9 Å². The van der Waals surface area contributed by atoms with Gasteiger partial charge < -0.3 is 19.1 Å². The number of fused-ring (bicyclic) bond motifs is 1. The molecule has 0 saturated heterocycles. The molecule has 2 heterocycles. The van der Waals surface area contributed by atoms with Crippen LogP contribution in [0.3, 0.4) is 0 Å². The number of methoxy groups -OCH3 is 1. The van der Waals surface area contributed by atoms with Gasteiger partial charge in [0.2, 0.25) is 5.88 Å². The molecule has 6 heteroatoms. The summed E-state index contributed by atoms with van der Waals surface area (Å²) < 4.78 is 17.1. The van der Waals surface area contributed by atoms with Gasteiger partial charge in [-0.1, -0.05) is 18.2 Å². The number of anilines is 1. The van der Waals surface area contributed by atoms with Crippen LogP contribution in [0.15, 0.2) is 72.9 Å². The first kappa shape index (κ1) is 17.9. The molecule has 1 atom stereocenters. The van der Waals surface area contributed by atoms with Crippen LogP contribution >= 0.6 is 0 Å². The van der Waals surface area contributed by atoms with E-state index < -0.39 is 0 Å². The van der Waals surface area contributed by atoms with Crippen molar-refractivity contribution in [2.24, 2.45) is 0 Å². The van der Waals surface area contributed by atoms with Crippen LogP contribution in [0, 0.1) is 0 Å². The smallest absolute Gasteiger partial charge is 0.263 e. The molecule has 2 aromatic carbocycles. The third-order valence-electron chi connectivity index (χ3n) is 4.47. The molecule has 0 radical (unpaired) electrons. The first-order valence-electron chi connectivity index (χ1n) is 9.00. The van der Waals surface area contributed by atoms with Crippen LogP contribution in [0.4, 0.5) is 5.69 Å². The Hall–Kier alpha value is -3.54. The molecule has 1 aliphatic heterocycles. The lowest BCUT2D eigenvalue weighted by Crippen LogP contribution is -2.40. The molecule has 1 aromatic heterocycles. The van der Waals surface area contributed by atoms with Gasteiger partial charge in [-0.15, -0.1) is 0 Å². The van der Waals surface area contributed by atoms with Gasteiger partial charge in [-0.2, -0.15) is 0 Å². The summed E-state index contributed by atoms with van der Waals surface area (Å²) in [5, 5.41) is 0. The van der Waals surface area contributed by atoms with Crippen LogP contribution in [0.1, 0.15) is 10.4 Å². The van der Waals surface area contributed by atoms with E-state index in [2.05, 4.69) is 4.98 Å². The molecule has 3 aromatic rings. The number of aromatic nitrogens is 1. The van der Waals surface area contributed by atoms with Crippen molar-refractivity contribution in [2.45, 2.75) is 6.10 Å². The highest BCUT2D eigenvalue weighted by Gasteiger charge is 2.31. The molecule has 142 valence electrons. The summed E-state index contributed by atoms with van der Waals surface area (Å²) in [6.07, 6.45) is 1.24. The number of rotatable bonds is 5. The van der Waals surface area contributed by atoms with E-state index in [1.807, 2.05) is 54.6 Å². The summed E-state index contributed by atoms with van der Waals surface area (Å²) in [7, 11) is 1.61. The molecule has 0 aliphatic carbocycles. The number of para-hydroxylation sites is 1. The Balaban J connectivity index is 1.62. The molecule has 0 fully saturated rings. The van der Waals surface area contributed by atoms with Crippen LogP contribution in [0.25, 0.3) is 0 Å². The third-order valence-corrected chi connectivity index (χ3v) is 4.47. The number of carbonyl (C=O) groups excluding carboxylic acids is 1. The quantitative estimate of drug-likeness (QED) is 0.681. The van der Waals surface area contributed by atoms with Crippen molar-refractivity contribution in [1.29, 1.82) is 0 Å². The maximum Gasteiger partial charge on any atom is 0.263 e. The predicted octanol–water partition coefficient (Wildman–Crippen LogP) is 3.58. The van der Waals surface area contributed by atoms with E-state index in [4.69, 9.17) is 14.2 Å². The van der Waals surface area contributed by atoms with E-state index in [0.29, 0.717) is 24.6 Å². The number of nitrogens with zero attached hydrogens (tertiary/aromatic N) is 2. The third kappa shape index (κ3) is 3.76. The number of pyridine rings is 1. The van der Waals surface area contributed by atoms with Crippen molar-refractivity contribution in [2.75, 3.05) is 25.2 Å². The average Bonchev–Trinajstić information content (AvgIpc) is 2.90. The van der Waals surface area contributed by atoms with Crippen molar-refractivity contribution in [3.05, 3.63) is 78.5 Å². The first-order valence-corrected chi connectivity index (χ1v) is 9.00. The van der Waals surface area contributed by atoms with Gasteiger partial charge >= 0.3 is 0 Å². The zero-order chi connectivity index (χ0) is 19.3. The predicted molar refractivity (Wildman–Crippen MR) is 105 cm³/mol. The van der Waals surface area contributed by atoms with Gasteiger partial charge in [0.25, 0.3) is 5.91 Å². The van der Waals surface area contributed by atoms with Gasteiger partial charge in [0, 0.05) is 11.9 Å². The van der Waals surface area contributed by atoms with Crippen LogP contribution in [0.2, 0.25) is 0 Å². The molecular formula is C22H20N2O4. The summed E-state index contributed by atoms with van der Waals surface area (Å²) in [4.78, 5) is 19.1. The van der Waals surface area contributed by atoms with E-state index in [1.54, 1.807) is 30.3 Å². The highest BCUT2D eigenvalue weighted by atomic mass is 16.5. The molecule has 28 heavy (non-hydrogen) atoms. The molecule has 0 spiro atoms. The number of ether oxygens (including phenoxy) is 3. The zero-order valence-electron chi connectivity index (χ0n) is 15.4. The highest BCUT2D eigenvalue weighted by Crippen LogP contribution is 2.28. The first-order chi connectivity index (χ1) is 13.7. The van der Waals surface area contributed by atoms with Crippen LogP contribution in [-0.4, -0.2) is 37.3 Å². The lowest BCUT2D eigenvalue weighted by atomic mass is 10.2. The highest BCUT2D eigenvalue weighted by molar-refractivity contribution is 6.07. The molecule has 1 amide bonds. The van der Waals surface area contributed by atoms with Gasteiger partial charge in [0.15, 0.2) is 6.10 Å². The van der Waals surface area contributed by atoms with Crippen LogP contribution in [0.5, 0.6) is 17.4 Å². The fourth-order valence-corrected chi connectivity index (χ4v) is 3.05. The van der Waals surface area contributed by atoms with Crippen molar-refractivity contribution in [1.82, 2.24) is 4.98 Å².